The van der Waals surface area contributed by atoms with Crippen LogP contribution in [-0.4, -0.2) is 79.2 Å². The Kier molecular flexibility index (Phi) is 8.52. The van der Waals surface area contributed by atoms with Gasteiger partial charge in [0.25, 0.3) is 0 Å². The SMILES string of the molecule is COCOc1ccccc1-c1cc(N2CC3CCC(C2)N3c2ccnc(CCCOCCO)c2)c(N)nn1. The number of nitrogens with two attached hydrogens (primary N) is 1. The second kappa shape index (κ2) is 12.4. The van der Waals surface area contributed by atoms with Crippen molar-refractivity contribution in [2.24, 2.45) is 0 Å². The van der Waals surface area contributed by atoms with Crippen LogP contribution < -0.4 is 20.3 Å². The molecule has 38 heavy (non-hydrogen) atoms. The van der Waals surface area contributed by atoms with E-state index in [9.17, 15) is 0 Å². The molecule has 3 N–H and O–H groups in total. The third-order valence-electron chi connectivity index (χ3n) is 7.18. The molecule has 0 saturated carbocycles. The van der Waals surface area contributed by atoms with Gasteiger partial charge in [-0.1, -0.05) is 12.1 Å². The van der Waals surface area contributed by atoms with Gasteiger partial charge in [0, 0.05) is 62.0 Å². The minimum Gasteiger partial charge on any atom is -0.467 e. The van der Waals surface area contributed by atoms with Crippen LogP contribution in [-0.2, 0) is 15.9 Å². The Bertz CT molecular complexity index is 1200. The summed E-state index contributed by atoms with van der Waals surface area (Å²) < 4.78 is 16.2. The maximum Gasteiger partial charge on any atom is 0.188 e. The van der Waals surface area contributed by atoms with Crippen LogP contribution in [0.4, 0.5) is 17.2 Å². The number of rotatable bonds is 12. The van der Waals surface area contributed by atoms with E-state index in [1.807, 2.05) is 36.5 Å². The molecule has 0 spiro atoms. The number of aromatic nitrogens is 3. The van der Waals surface area contributed by atoms with Crippen LogP contribution in [0.15, 0.2) is 48.7 Å². The van der Waals surface area contributed by atoms with Crippen molar-refractivity contribution in [2.45, 2.75) is 37.8 Å². The average Bonchev–Trinajstić information content (AvgIpc) is 3.21. The van der Waals surface area contributed by atoms with Gasteiger partial charge in [-0.25, -0.2) is 0 Å². The van der Waals surface area contributed by atoms with Crippen LogP contribution in [0, 0.1) is 0 Å². The number of fused-ring (bicyclic) bond motifs is 2. The van der Waals surface area contributed by atoms with Crippen molar-refractivity contribution in [1.82, 2.24) is 15.2 Å². The van der Waals surface area contributed by atoms with Gasteiger partial charge >= 0.3 is 0 Å². The molecule has 2 bridgehead atoms. The molecular weight excluding hydrogens is 484 g/mol. The normalized spacial score (nSPS) is 18.7. The van der Waals surface area contributed by atoms with E-state index in [0.717, 1.165) is 61.4 Å². The fourth-order valence-corrected chi connectivity index (χ4v) is 5.51. The van der Waals surface area contributed by atoms with E-state index in [1.165, 1.54) is 5.69 Å². The standard InChI is InChI=1S/C28H36N6O4/c1-36-19-38-27-7-3-2-6-24(27)25-16-26(28(29)32-31-25)33-17-22-8-9-23(18-33)34(22)21-10-11-30-20(15-21)5-4-13-37-14-12-35/h2-3,6-7,10-11,15-16,22-23,35H,4-5,8-9,12-14,17-19H2,1H3,(H2,29,32). The van der Waals surface area contributed by atoms with Gasteiger partial charge in [0.15, 0.2) is 12.6 Å². The lowest BCUT2D eigenvalue weighted by Crippen LogP contribution is -2.54. The number of benzene rings is 1. The molecule has 0 aliphatic carbocycles. The van der Waals surface area contributed by atoms with E-state index in [0.29, 0.717) is 36.9 Å². The van der Waals surface area contributed by atoms with Gasteiger partial charge in [-0.3, -0.25) is 4.98 Å². The molecule has 10 heteroatoms. The smallest absolute Gasteiger partial charge is 0.188 e. The van der Waals surface area contributed by atoms with Crippen molar-refractivity contribution in [3.05, 3.63) is 54.4 Å². The molecule has 2 unspecified atom stereocenters. The minimum atomic E-state index is 0.0566. The molecule has 3 aromatic rings. The van der Waals surface area contributed by atoms with Crippen molar-refractivity contribution in [3.8, 4) is 17.0 Å². The summed E-state index contributed by atoms with van der Waals surface area (Å²) in [5.41, 5.74) is 11.1. The van der Waals surface area contributed by atoms with Gasteiger partial charge in [-0.15, -0.1) is 10.2 Å². The zero-order chi connectivity index (χ0) is 26.3. The summed E-state index contributed by atoms with van der Waals surface area (Å²) in [5, 5.41) is 17.6. The Morgan fingerprint density at radius 3 is 2.66 bits per heavy atom. The fourth-order valence-electron chi connectivity index (χ4n) is 5.51. The van der Waals surface area contributed by atoms with Crippen molar-refractivity contribution < 1.29 is 19.3 Å². The third-order valence-corrected chi connectivity index (χ3v) is 7.18. The van der Waals surface area contributed by atoms with Crippen LogP contribution in [0.5, 0.6) is 5.75 Å². The van der Waals surface area contributed by atoms with Gasteiger partial charge < -0.3 is 34.9 Å². The first-order valence-corrected chi connectivity index (χ1v) is 13.2. The highest BCUT2D eigenvalue weighted by atomic mass is 16.7. The van der Waals surface area contributed by atoms with Gasteiger partial charge in [0.1, 0.15) is 5.75 Å². The number of pyridine rings is 1. The molecule has 1 aromatic carbocycles. The minimum absolute atomic E-state index is 0.0566. The van der Waals surface area contributed by atoms with Crippen LogP contribution in [0.25, 0.3) is 11.3 Å². The van der Waals surface area contributed by atoms with Crippen LogP contribution in [0.1, 0.15) is 25.0 Å². The van der Waals surface area contributed by atoms with Crippen molar-refractivity contribution >= 4 is 17.2 Å². The van der Waals surface area contributed by atoms with Gasteiger partial charge in [-0.05, 0) is 56.0 Å². The molecule has 4 heterocycles. The number of para-hydroxylation sites is 1. The number of piperazine rings is 1. The molecule has 2 fully saturated rings. The number of aryl methyl sites for hydroxylation is 1. The van der Waals surface area contributed by atoms with Gasteiger partial charge in [0.05, 0.1) is 24.6 Å². The van der Waals surface area contributed by atoms with Crippen LogP contribution >= 0.6 is 0 Å². The number of hydrogen-bond donors (Lipinski definition) is 2. The van der Waals surface area contributed by atoms with Crippen molar-refractivity contribution in [1.29, 1.82) is 0 Å². The van der Waals surface area contributed by atoms with Gasteiger partial charge in [-0.2, -0.15) is 0 Å². The highest BCUT2D eigenvalue weighted by Crippen LogP contribution is 2.39. The second-order valence-corrected chi connectivity index (χ2v) is 9.69. The Labute approximate surface area is 223 Å². The monoisotopic (exact) mass is 520 g/mol. The second-order valence-electron chi connectivity index (χ2n) is 9.69. The molecule has 10 nitrogen and oxygen atoms in total. The number of aliphatic hydroxyl groups excluding tert-OH is 1. The number of nitrogens with zero attached hydrogens (tertiary/aromatic N) is 5. The molecule has 2 saturated heterocycles. The maximum atomic E-state index is 8.86. The number of ether oxygens (including phenoxy) is 3. The fraction of sp³-hybridized carbons (Fsp3) is 0.464. The summed E-state index contributed by atoms with van der Waals surface area (Å²) >= 11 is 0. The zero-order valence-electron chi connectivity index (χ0n) is 21.8. The first kappa shape index (κ1) is 26.1. The third kappa shape index (κ3) is 5.82. The van der Waals surface area contributed by atoms with E-state index in [4.69, 9.17) is 25.1 Å². The van der Waals surface area contributed by atoms with E-state index in [-0.39, 0.29) is 13.4 Å². The molecule has 0 radical (unpaired) electrons. The number of methoxy groups -OCH3 is 1. The Morgan fingerprint density at radius 2 is 1.87 bits per heavy atom. The summed E-state index contributed by atoms with van der Waals surface area (Å²) in [6.45, 7) is 2.95. The molecule has 2 aromatic heterocycles. The quantitative estimate of drug-likeness (QED) is 0.272. The topological polar surface area (TPSA) is 119 Å². The molecule has 0 amide bonds. The number of anilines is 3. The average molecular weight is 521 g/mol. The summed E-state index contributed by atoms with van der Waals surface area (Å²) in [5.74, 6) is 1.13. The van der Waals surface area contributed by atoms with Crippen molar-refractivity contribution in [3.63, 3.8) is 0 Å². The van der Waals surface area contributed by atoms with Gasteiger partial charge in [0.2, 0.25) is 0 Å². The van der Waals surface area contributed by atoms with Crippen molar-refractivity contribution in [2.75, 3.05) is 62.3 Å². The molecular formula is C28H36N6O4. The van der Waals surface area contributed by atoms with Crippen LogP contribution in [0.2, 0.25) is 0 Å². The molecule has 2 atom stereocenters. The first-order valence-electron chi connectivity index (χ1n) is 13.2. The summed E-state index contributed by atoms with van der Waals surface area (Å²) in [4.78, 5) is 9.48. The van der Waals surface area contributed by atoms with E-state index < -0.39 is 0 Å². The maximum absolute atomic E-state index is 8.86. The van der Waals surface area contributed by atoms with Crippen LogP contribution in [0.3, 0.4) is 0 Å². The summed E-state index contributed by atoms with van der Waals surface area (Å²) in [6.07, 6.45) is 5.91. The summed E-state index contributed by atoms with van der Waals surface area (Å²) in [7, 11) is 1.60. The predicted octanol–water partition coefficient (Wildman–Crippen LogP) is 2.90. The zero-order valence-corrected chi connectivity index (χ0v) is 21.8. The molecule has 2 aliphatic rings. The predicted molar refractivity (Wildman–Crippen MR) is 146 cm³/mol. The summed E-state index contributed by atoms with van der Waals surface area (Å²) in [6, 6.07) is 14.9. The number of nitrogen functional groups attached to an aromatic ring is 1. The molecule has 5 rings (SSSR count). The van der Waals surface area contributed by atoms with E-state index >= 15 is 0 Å². The van der Waals surface area contributed by atoms with E-state index in [1.54, 1.807) is 7.11 Å². The molecule has 202 valence electrons. The largest absolute Gasteiger partial charge is 0.467 e. The number of hydrogen-bond acceptors (Lipinski definition) is 10. The lowest BCUT2D eigenvalue weighted by Gasteiger charge is -2.43. The Balaban J connectivity index is 1.31. The molecule has 2 aliphatic heterocycles. The Hall–Kier alpha value is -3.47. The van der Waals surface area contributed by atoms with E-state index in [2.05, 4.69) is 37.1 Å². The first-order chi connectivity index (χ1) is 18.7. The lowest BCUT2D eigenvalue weighted by atomic mass is 10.1. The highest BCUT2D eigenvalue weighted by Gasteiger charge is 2.40. The lowest BCUT2D eigenvalue weighted by molar-refractivity contribution is 0.0515. The highest BCUT2D eigenvalue weighted by molar-refractivity contribution is 5.74. The number of aliphatic hydroxyl groups is 1. The Morgan fingerprint density at radius 1 is 1.05 bits per heavy atom.